The number of carbonyl (C=O) groups excluding carboxylic acids is 2. The van der Waals surface area contributed by atoms with Crippen LogP contribution in [0.5, 0.6) is 5.75 Å². The van der Waals surface area contributed by atoms with E-state index in [0.717, 1.165) is 56.1 Å². The van der Waals surface area contributed by atoms with Gasteiger partial charge in [0, 0.05) is 44.3 Å². The van der Waals surface area contributed by atoms with E-state index in [9.17, 15) is 19.8 Å². The number of alkyl halides is 1. The first-order chi connectivity index (χ1) is 20.6. The Morgan fingerprint density at radius 3 is 2.58 bits per heavy atom. The SMILES string of the molecule is COCCN(CCCCC[C@@H]1Cc2cc(O)ccc2[C@@H]2[C@@H]1[C@@H]1CC[C@H](O)[C@@]1(C)C[C@@H]2F)C(=O)c1ccc(NC(C)=O)cc1. The van der Waals surface area contributed by atoms with Gasteiger partial charge in [-0.2, -0.15) is 0 Å². The third kappa shape index (κ3) is 6.60. The number of phenols is 1. The van der Waals surface area contributed by atoms with Gasteiger partial charge in [-0.3, -0.25) is 9.59 Å². The quantitative estimate of drug-likeness (QED) is 0.274. The largest absolute Gasteiger partial charge is 0.508 e. The second-order valence-corrected chi connectivity index (χ2v) is 13.3. The zero-order chi connectivity index (χ0) is 30.7. The monoisotopic (exact) mass is 594 g/mol. The van der Waals surface area contributed by atoms with E-state index in [4.69, 9.17) is 4.74 Å². The van der Waals surface area contributed by atoms with Crippen molar-refractivity contribution in [3.8, 4) is 5.75 Å². The zero-order valence-corrected chi connectivity index (χ0v) is 25.7. The number of hydrogen-bond donors (Lipinski definition) is 3. The van der Waals surface area contributed by atoms with Gasteiger partial charge in [-0.1, -0.05) is 25.8 Å². The molecular formula is C35H47FN2O5. The van der Waals surface area contributed by atoms with Crippen LogP contribution in [0.3, 0.4) is 0 Å². The molecular weight excluding hydrogens is 547 g/mol. The Hall–Kier alpha value is -2.97. The Morgan fingerprint density at radius 2 is 1.86 bits per heavy atom. The molecule has 0 radical (unpaired) electrons. The molecule has 3 N–H and O–H groups in total. The number of methoxy groups -OCH3 is 1. The second-order valence-electron chi connectivity index (χ2n) is 13.3. The number of nitrogens with one attached hydrogen (secondary N) is 1. The van der Waals surface area contributed by atoms with Crippen molar-refractivity contribution in [1.82, 2.24) is 4.90 Å². The summed E-state index contributed by atoms with van der Waals surface area (Å²) in [6.07, 6.45) is 5.19. The highest BCUT2D eigenvalue weighted by Gasteiger charge is 2.59. The van der Waals surface area contributed by atoms with E-state index < -0.39 is 12.3 Å². The van der Waals surface area contributed by atoms with Gasteiger partial charge in [0.1, 0.15) is 11.9 Å². The van der Waals surface area contributed by atoms with Crippen LogP contribution in [0.2, 0.25) is 0 Å². The Bertz CT molecular complexity index is 1290. The molecule has 0 saturated heterocycles. The van der Waals surface area contributed by atoms with E-state index in [2.05, 4.69) is 12.2 Å². The van der Waals surface area contributed by atoms with E-state index in [1.165, 1.54) is 6.92 Å². The molecule has 5 rings (SSSR count). The number of carbonyl (C=O) groups is 2. The van der Waals surface area contributed by atoms with Crippen LogP contribution in [-0.4, -0.2) is 66.0 Å². The number of amides is 2. The summed E-state index contributed by atoms with van der Waals surface area (Å²) in [5.41, 5.74) is 2.96. The summed E-state index contributed by atoms with van der Waals surface area (Å²) in [6.45, 7) is 5.10. The number of aliphatic hydroxyl groups excluding tert-OH is 1. The molecule has 2 fully saturated rings. The number of benzene rings is 2. The minimum Gasteiger partial charge on any atom is -0.508 e. The standard InChI is InChI=1S/C35H47FN2O5/c1-22(39)37-26-10-8-23(9-11-26)34(42)38(17-18-43-3)16-6-4-5-7-24-19-25-20-27(40)12-13-28(25)33-30(36)21-35(2)29(32(24)33)14-15-31(35)41/h8-13,20,24,29-33,40-41H,4-7,14-19,21H2,1-3H3,(H,37,39)/t24-,29+,30+,31+,32+,33+,35+/m1/s1. The zero-order valence-electron chi connectivity index (χ0n) is 25.7. The fourth-order valence-electron chi connectivity index (χ4n) is 8.52. The number of phenolic OH excluding ortho intramolecular Hbond substituents is 1. The molecule has 0 spiro atoms. The molecule has 7 nitrogen and oxygen atoms in total. The van der Waals surface area contributed by atoms with Gasteiger partial charge in [0.25, 0.3) is 5.91 Å². The van der Waals surface area contributed by atoms with Crippen molar-refractivity contribution < 1.29 is 28.9 Å². The number of anilines is 1. The number of aliphatic hydroxyl groups is 1. The maximum absolute atomic E-state index is 16.0. The number of halogens is 1. The van der Waals surface area contributed by atoms with Gasteiger partial charge in [-0.05, 0) is 109 Å². The molecule has 234 valence electrons. The van der Waals surface area contributed by atoms with Crippen molar-refractivity contribution in [2.75, 3.05) is 32.1 Å². The van der Waals surface area contributed by atoms with Crippen LogP contribution < -0.4 is 5.32 Å². The molecule has 0 heterocycles. The smallest absolute Gasteiger partial charge is 0.253 e. The van der Waals surface area contributed by atoms with Crippen molar-refractivity contribution in [2.45, 2.75) is 83.4 Å². The van der Waals surface area contributed by atoms with E-state index in [-0.39, 0.29) is 34.8 Å². The van der Waals surface area contributed by atoms with E-state index >= 15 is 4.39 Å². The number of nitrogens with zero attached hydrogens (tertiary/aromatic N) is 1. The Kier molecular flexibility index (Phi) is 9.76. The number of ether oxygens (including phenoxy) is 1. The summed E-state index contributed by atoms with van der Waals surface area (Å²) >= 11 is 0. The minimum absolute atomic E-state index is 0.0618. The van der Waals surface area contributed by atoms with E-state index in [1.807, 2.05) is 17.0 Å². The average Bonchev–Trinajstić information content (AvgIpc) is 3.26. The first kappa shape index (κ1) is 31.5. The lowest BCUT2D eigenvalue weighted by Crippen LogP contribution is -2.51. The molecule has 2 aromatic rings. The Labute approximate surface area is 254 Å². The maximum atomic E-state index is 16.0. The Balaban J connectivity index is 1.23. The molecule has 3 aliphatic carbocycles. The highest BCUT2D eigenvalue weighted by atomic mass is 19.1. The second kappa shape index (κ2) is 13.3. The van der Waals surface area contributed by atoms with Gasteiger partial charge < -0.3 is 25.2 Å². The molecule has 0 bridgehead atoms. The first-order valence-corrected chi connectivity index (χ1v) is 15.9. The molecule has 2 aromatic carbocycles. The van der Waals surface area contributed by atoms with Crippen molar-refractivity contribution in [3.63, 3.8) is 0 Å². The Morgan fingerprint density at radius 1 is 1.09 bits per heavy atom. The van der Waals surface area contributed by atoms with Gasteiger partial charge in [-0.25, -0.2) is 4.39 Å². The highest BCUT2D eigenvalue weighted by Crippen LogP contribution is 2.63. The van der Waals surface area contributed by atoms with Crippen LogP contribution in [0.1, 0.15) is 86.2 Å². The maximum Gasteiger partial charge on any atom is 0.253 e. The van der Waals surface area contributed by atoms with Crippen molar-refractivity contribution in [1.29, 1.82) is 0 Å². The van der Waals surface area contributed by atoms with Crippen LogP contribution in [0.25, 0.3) is 0 Å². The molecule has 43 heavy (non-hydrogen) atoms. The molecule has 2 amide bonds. The third-order valence-electron chi connectivity index (χ3n) is 10.6. The van der Waals surface area contributed by atoms with E-state index in [0.29, 0.717) is 49.2 Å². The number of hydrogen-bond acceptors (Lipinski definition) is 5. The lowest BCUT2D eigenvalue weighted by Gasteiger charge is -2.54. The molecule has 0 unspecified atom stereocenters. The van der Waals surface area contributed by atoms with Crippen LogP contribution in [0.4, 0.5) is 10.1 Å². The molecule has 0 aromatic heterocycles. The number of rotatable bonds is 11. The lowest BCUT2D eigenvalue weighted by molar-refractivity contribution is -0.114. The fourth-order valence-corrected chi connectivity index (χ4v) is 8.52. The first-order valence-electron chi connectivity index (χ1n) is 15.9. The van der Waals surface area contributed by atoms with Crippen LogP contribution in [0.15, 0.2) is 42.5 Å². The predicted molar refractivity (Wildman–Crippen MR) is 165 cm³/mol. The van der Waals surface area contributed by atoms with E-state index in [1.54, 1.807) is 37.4 Å². The van der Waals surface area contributed by atoms with Crippen molar-refractivity contribution in [2.24, 2.45) is 23.2 Å². The van der Waals surface area contributed by atoms with Crippen LogP contribution >= 0.6 is 0 Å². The summed E-state index contributed by atoms with van der Waals surface area (Å²) in [5, 5.41) is 23.8. The summed E-state index contributed by atoms with van der Waals surface area (Å²) < 4.78 is 21.3. The van der Waals surface area contributed by atoms with Gasteiger partial charge in [0.05, 0.1) is 12.7 Å². The summed E-state index contributed by atoms with van der Waals surface area (Å²) in [7, 11) is 1.63. The fraction of sp³-hybridized carbons (Fsp3) is 0.600. The average molecular weight is 595 g/mol. The van der Waals surface area contributed by atoms with Crippen molar-refractivity contribution in [3.05, 3.63) is 59.2 Å². The molecule has 3 aliphatic rings. The number of fused-ring (bicyclic) bond motifs is 5. The number of aromatic hydroxyl groups is 1. The normalized spacial score (nSPS) is 29.3. The van der Waals surface area contributed by atoms with Gasteiger partial charge >= 0.3 is 0 Å². The van der Waals surface area contributed by atoms with Crippen molar-refractivity contribution >= 4 is 17.5 Å². The molecule has 7 atom stereocenters. The van der Waals surface area contributed by atoms with Crippen LogP contribution in [0, 0.1) is 23.2 Å². The highest BCUT2D eigenvalue weighted by molar-refractivity contribution is 5.95. The van der Waals surface area contributed by atoms with Gasteiger partial charge in [0.2, 0.25) is 5.91 Å². The summed E-state index contributed by atoms with van der Waals surface area (Å²) in [5.74, 6) is 0.600. The molecule has 2 saturated carbocycles. The van der Waals surface area contributed by atoms with Gasteiger partial charge in [-0.15, -0.1) is 0 Å². The summed E-state index contributed by atoms with van der Waals surface area (Å²) in [4.78, 5) is 26.4. The van der Waals surface area contributed by atoms with Crippen LogP contribution in [-0.2, 0) is 16.0 Å². The minimum atomic E-state index is -1.00. The third-order valence-corrected chi connectivity index (χ3v) is 10.6. The predicted octanol–water partition coefficient (Wildman–Crippen LogP) is 6.09. The summed E-state index contributed by atoms with van der Waals surface area (Å²) in [6, 6.07) is 12.4. The molecule has 0 aliphatic heterocycles. The van der Waals surface area contributed by atoms with Gasteiger partial charge in [0.15, 0.2) is 0 Å². The molecule has 8 heteroatoms. The lowest BCUT2D eigenvalue weighted by atomic mass is 9.51. The topological polar surface area (TPSA) is 99.1 Å². The number of unbranched alkanes of at least 4 members (excludes halogenated alkanes) is 2.